The molecule has 0 spiro atoms. The first-order chi connectivity index (χ1) is 7.45. The predicted molar refractivity (Wildman–Crippen MR) is 74.0 cm³/mol. The number of nitrogens with zero attached hydrogens (tertiary/aromatic N) is 1. The molecule has 0 unspecified atom stereocenters. The van der Waals surface area contributed by atoms with Crippen molar-refractivity contribution in [2.45, 2.75) is 54.4 Å². The molecular formula is C14H33NO. The zero-order chi connectivity index (χ0) is 13.0. The molecule has 0 aromatic rings. The molecule has 0 aliphatic carbocycles. The van der Waals surface area contributed by atoms with Crippen molar-refractivity contribution in [2.75, 3.05) is 33.4 Å². The van der Waals surface area contributed by atoms with Crippen LogP contribution < -0.4 is 0 Å². The van der Waals surface area contributed by atoms with E-state index >= 15 is 0 Å². The molecule has 1 rings (SSSR count). The number of likely N-dealkylation sites (N-methyl/N-ethyl adjacent to an activating group) is 1. The summed E-state index contributed by atoms with van der Waals surface area (Å²) >= 11 is 0. The summed E-state index contributed by atoms with van der Waals surface area (Å²) in [5.41, 5.74) is 0.550. The molecule has 2 nitrogen and oxygen atoms in total. The van der Waals surface area contributed by atoms with Crippen LogP contribution in [0.25, 0.3) is 0 Å². The molecule has 0 radical (unpaired) electrons. The van der Waals surface area contributed by atoms with Crippen LogP contribution in [0.2, 0.25) is 0 Å². The van der Waals surface area contributed by atoms with E-state index in [0.29, 0.717) is 5.41 Å². The Bertz CT molecular complexity index is 123. The van der Waals surface area contributed by atoms with E-state index in [2.05, 4.69) is 39.6 Å². The molecule has 1 saturated heterocycles. The van der Waals surface area contributed by atoms with Crippen molar-refractivity contribution in [1.29, 1.82) is 0 Å². The minimum absolute atomic E-state index is 0.550. The zero-order valence-corrected chi connectivity index (χ0v) is 12.6. The van der Waals surface area contributed by atoms with Crippen molar-refractivity contribution in [3.05, 3.63) is 0 Å². The standard InChI is InChI=1S/C7H16.C5H11NO.C2H6/c1-5-6-7(2,3)4;1-6-2-4-7-5-3-6;1-2/h5-6H2,1-4H3;2-5H2,1H3;1-2H3. The maximum Gasteiger partial charge on any atom is 0.0594 e. The zero-order valence-electron chi connectivity index (χ0n) is 12.6. The summed E-state index contributed by atoms with van der Waals surface area (Å²) in [6.45, 7) is 17.1. The summed E-state index contributed by atoms with van der Waals surface area (Å²) < 4.78 is 5.10. The van der Waals surface area contributed by atoms with Crippen LogP contribution in [0.15, 0.2) is 0 Å². The Morgan fingerprint density at radius 2 is 1.50 bits per heavy atom. The van der Waals surface area contributed by atoms with Gasteiger partial charge >= 0.3 is 0 Å². The minimum atomic E-state index is 0.550. The fourth-order valence-electron chi connectivity index (χ4n) is 1.40. The maximum atomic E-state index is 5.10. The lowest BCUT2D eigenvalue weighted by Gasteiger charge is -2.21. The van der Waals surface area contributed by atoms with E-state index in [1.165, 1.54) is 12.8 Å². The van der Waals surface area contributed by atoms with Gasteiger partial charge in [-0.2, -0.15) is 0 Å². The van der Waals surface area contributed by atoms with Crippen LogP contribution in [0.5, 0.6) is 0 Å². The van der Waals surface area contributed by atoms with Crippen LogP contribution in [-0.2, 0) is 4.74 Å². The van der Waals surface area contributed by atoms with E-state index in [-0.39, 0.29) is 0 Å². The van der Waals surface area contributed by atoms with Crippen molar-refractivity contribution in [3.63, 3.8) is 0 Å². The van der Waals surface area contributed by atoms with Crippen molar-refractivity contribution in [3.8, 4) is 0 Å². The number of hydrogen-bond acceptors (Lipinski definition) is 2. The first kappa shape index (κ1) is 18.3. The molecule has 0 amide bonds. The van der Waals surface area contributed by atoms with Crippen molar-refractivity contribution in [1.82, 2.24) is 4.90 Å². The normalized spacial score (nSPS) is 16.7. The van der Waals surface area contributed by atoms with E-state index < -0.39 is 0 Å². The summed E-state index contributed by atoms with van der Waals surface area (Å²) in [6.07, 6.45) is 2.65. The summed E-state index contributed by atoms with van der Waals surface area (Å²) in [5.74, 6) is 0. The number of morpholine rings is 1. The highest BCUT2D eigenvalue weighted by Crippen LogP contribution is 2.19. The third-order valence-electron chi connectivity index (χ3n) is 2.23. The van der Waals surface area contributed by atoms with Gasteiger partial charge in [-0.15, -0.1) is 0 Å². The summed E-state index contributed by atoms with van der Waals surface area (Å²) in [4.78, 5) is 2.27. The van der Waals surface area contributed by atoms with Crippen LogP contribution >= 0.6 is 0 Å². The second-order valence-electron chi connectivity index (χ2n) is 5.23. The van der Waals surface area contributed by atoms with Gasteiger partial charge in [0.25, 0.3) is 0 Å². The van der Waals surface area contributed by atoms with Gasteiger partial charge in [0, 0.05) is 13.1 Å². The number of hydrogen-bond donors (Lipinski definition) is 0. The molecule has 0 aromatic carbocycles. The maximum absolute atomic E-state index is 5.10. The Morgan fingerprint density at radius 1 is 1.06 bits per heavy atom. The molecule has 0 bridgehead atoms. The summed E-state index contributed by atoms with van der Waals surface area (Å²) in [6, 6.07) is 0. The lowest BCUT2D eigenvalue weighted by molar-refractivity contribution is 0.0503. The lowest BCUT2D eigenvalue weighted by Crippen LogP contribution is -2.32. The molecule has 0 N–H and O–H groups in total. The Hall–Kier alpha value is -0.0800. The van der Waals surface area contributed by atoms with Gasteiger partial charge in [-0.3, -0.25) is 0 Å². The average Bonchev–Trinajstić information content (AvgIpc) is 2.21. The molecule has 1 heterocycles. The van der Waals surface area contributed by atoms with Crippen LogP contribution in [0, 0.1) is 5.41 Å². The van der Waals surface area contributed by atoms with Crippen LogP contribution in [0.3, 0.4) is 0 Å². The Kier molecular flexibility index (Phi) is 13.0. The van der Waals surface area contributed by atoms with Crippen molar-refractivity contribution < 1.29 is 4.74 Å². The monoisotopic (exact) mass is 231 g/mol. The molecule has 1 aliphatic heterocycles. The van der Waals surface area contributed by atoms with E-state index in [0.717, 1.165) is 26.3 Å². The van der Waals surface area contributed by atoms with Gasteiger partial charge in [0.05, 0.1) is 13.2 Å². The Balaban J connectivity index is 0. The molecule has 0 saturated carbocycles. The van der Waals surface area contributed by atoms with Crippen molar-refractivity contribution >= 4 is 0 Å². The highest BCUT2D eigenvalue weighted by Gasteiger charge is 2.06. The van der Waals surface area contributed by atoms with Crippen LogP contribution in [0.1, 0.15) is 54.4 Å². The van der Waals surface area contributed by atoms with Gasteiger partial charge in [0.1, 0.15) is 0 Å². The molecule has 0 aromatic heterocycles. The summed E-state index contributed by atoms with van der Waals surface area (Å²) in [7, 11) is 2.11. The second kappa shape index (κ2) is 11.4. The SMILES string of the molecule is CC.CCCC(C)(C)C.CN1CCOCC1. The first-order valence-corrected chi connectivity index (χ1v) is 6.72. The quantitative estimate of drug-likeness (QED) is 0.680. The van der Waals surface area contributed by atoms with E-state index in [1.807, 2.05) is 13.8 Å². The van der Waals surface area contributed by atoms with Gasteiger partial charge < -0.3 is 9.64 Å². The molecule has 1 aliphatic rings. The van der Waals surface area contributed by atoms with Gasteiger partial charge in [-0.25, -0.2) is 0 Å². The van der Waals surface area contributed by atoms with E-state index in [9.17, 15) is 0 Å². The second-order valence-corrected chi connectivity index (χ2v) is 5.23. The fourth-order valence-corrected chi connectivity index (χ4v) is 1.40. The minimum Gasteiger partial charge on any atom is -0.379 e. The first-order valence-electron chi connectivity index (χ1n) is 6.72. The smallest absolute Gasteiger partial charge is 0.0594 e. The third kappa shape index (κ3) is 16.4. The fraction of sp³-hybridized carbons (Fsp3) is 1.00. The average molecular weight is 231 g/mol. The molecule has 0 atom stereocenters. The molecule has 2 heteroatoms. The van der Waals surface area contributed by atoms with Crippen LogP contribution in [0.4, 0.5) is 0 Å². The Morgan fingerprint density at radius 3 is 1.62 bits per heavy atom. The highest BCUT2D eigenvalue weighted by atomic mass is 16.5. The third-order valence-corrected chi connectivity index (χ3v) is 2.23. The number of ether oxygens (including phenoxy) is 1. The van der Waals surface area contributed by atoms with Crippen molar-refractivity contribution in [2.24, 2.45) is 5.41 Å². The van der Waals surface area contributed by atoms with Gasteiger partial charge in [0.2, 0.25) is 0 Å². The molecular weight excluding hydrogens is 198 g/mol. The van der Waals surface area contributed by atoms with E-state index in [4.69, 9.17) is 4.74 Å². The molecule has 1 fully saturated rings. The van der Waals surface area contributed by atoms with Crippen LogP contribution in [-0.4, -0.2) is 38.3 Å². The highest BCUT2D eigenvalue weighted by molar-refractivity contribution is 4.58. The predicted octanol–water partition coefficient (Wildman–Crippen LogP) is 3.81. The Labute approximate surface area is 103 Å². The van der Waals surface area contributed by atoms with Gasteiger partial charge in [-0.05, 0) is 18.9 Å². The summed E-state index contributed by atoms with van der Waals surface area (Å²) in [5, 5.41) is 0. The lowest BCUT2D eigenvalue weighted by atomic mass is 9.91. The number of rotatable bonds is 1. The van der Waals surface area contributed by atoms with Gasteiger partial charge in [0.15, 0.2) is 0 Å². The largest absolute Gasteiger partial charge is 0.379 e. The molecule has 16 heavy (non-hydrogen) atoms. The topological polar surface area (TPSA) is 12.5 Å². The molecule has 100 valence electrons. The van der Waals surface area contributed by atoms with Gasteiger partial charge in [-0.1, -0.05) is 48.0 Å². The van der Waals surface area contributed by atoms with E-state index in [1.54, 1.807) is 0 Å².